The van der Waals surface area contributed by atoms with Crippen molar-refractivity contribution in [1.82, 2.24) is 0 Å². The van der Waals surface area contributed by atoms with E-state index in [1.54, 1.807) is 72.8 Å². The van der Waals surface area contributed by atoms with Gasteiger partial charge in [-0.15, -0.1) is 11.6 Å². The molecule has 0 saturated heterocycles. The quantitative estimate of drug-likeness (QED) is 0.00872. The van der Waals surface area contributed by atoms with E-state index >= 15 is 0 Å². The van der Waals surface area contributed by atoms with E-state index in [0.29, 0.717) is 98.5 Å². The minimum atomic E-state index is -0.488. The molecule has 6 aromatic carbocycles. The van der Waals surface area contributed by atoms with E-state index in [9.17, 15) is 28.8 Å². The average molecular weight is 1220 g/mol. The van der Waals surface area contributed by atoms with Gasteiger partial charge in [-0.25, -0.2) is 24.0 Å². The molecule has 0 radical (unpaired) electrons. The fourth-order valence-corrected chi connectivity index (χ4v) is 7.20. The highest BCUT2D eigenvalue weighted by molar-refractivity contribution is 6.18. The van der Waals surface area contributed by atoms with Crippen LogP contribution < -0.4 is 28.4 Å². The van der Waals surface area contributed by atoms with E-state index < -0.39 is 29.8 Å². The van der Waals surface area contributed by atoms with Crippen LogP contribution in [-0.4, -0.2) is 147 Å². The van der Waals surface area contributed by atoms with Crippen molar-refractivity contribution in [2.75, 3.05) is 112 Å². The lowest BCUT2D eigenvalue weighted by atomic mass is 10.1. The van der Waals surface area contributed by atoms with Gasteiger partial charge in [-0.05, 0) is 119 Å². The zero-order valence-corrected chi connectivity index (χ0v) is 48.7. The molecule has 0 aromatic heterocycles. The highest BCUT2D eigenvalue weighted by atomic mass is 35.5. The molecule has 0 aliphatic rings. The Hall–Kier alpha value is -9.31. The Labute approximate surface area is 509 Å². The van der Waals surface area contributed by atoms with Gasteiger partial charge in [0.1, 0.15) is 87.4 Å². The van der Waals surface area contributed by atoms with Crippen molar-refractivity contribution in [2.45, 2.75) is 6.42 Å². The molecule has 0 amide bonds. The molecule has 6 aromatic rings. The number of benzene rings is 6. The molecule has 0 aliphatic carbocycles. The minimum Gasteiger partial charge on any atom is -0.491 e. The van der Waals surface area contributed by atoms with E-state index in [4.69, 9.17) is 77.9 Å². The van der Waals surface area contributed by atoms with Crippen LogP contribution in [0.2, 0.25) is 0 Å². The van der Waals surface area contributed by atoms with Crippen molar-refractivity contribution in [1.29, 1.82) is 0 Å². The van der Waals surface area contributed by atoms with Crippen molar-refractivity contribution in [3.63, 3.8) is 0 Å². The van der Waals surface area contributed by atoms with Crippen LogP contribution in [0.4, 0.5) is 0 Å². The highest BCUT2D eigenvalue weighted by Gasteiger charge is 2.12. The Morgan fingerprint density at radius 3 is 0.851 bits per heavy atom. The Morgan fingerprint density at radius 2 is 0.552 bits per heavy atom. The number of alkyl halides is 1. The fourth-order valence-electron chi connectivity index (χ4n) is 7.05. The van der Waals surface area contributed by atoms with Crippen molar-refractivity contribution in [3.05, 3.63) is 195 Å². The molecule has 0 fully saturated rings. The summed E-state index contributed by atoms with van der Waals surface area (Å²) < 4.78 is 74.3. The first-order valence-corrected chi connectivity index (χ1v) is 28.0. The summed E-state index contributed by atoms with van der Waals surface area (Å²) in [6.07, 6.45) is 3.48. The van der Waals surface area contributed by atoms with Gasteiger partial charge in [0.05, 0.1) is 70.4 Å². The Morgan fingerprint density at radius 1 is 0.310 bits per heavy atom. The smallest absolute Gasteiger partial charge is 0.343 e. The normalized spacial score (nSPS) is 10.4. The molecule has 0 aliphatic heterocycles. The molecule has 0 heterocycles. The maximum absolute atomic E-state index is 12.6. The molecule has 0 atom stereocenters. The summed E-state index contributed by atoms with van der Waals surface area (Å²) in [5.41, 5.74) is 4.58. The lowest BCUT2D eigenvalue weighted by Gasteiger charge is -2.10. The molecule has 0 saturated carbocycles. The predicted molar refractivity (Wildman–Crippen MR) is 322 cm³/mol. The standard InChI is InChI=1S/C33H35ClO10.C33H34O10/c1-2-31(35)42-22-20-39-18-17-38-19-21-40-29-11-7-27(8-12-29)33(37)44-30-13-5-26(6-14-30)25-3-9-28(10-4-25)41-23-24-43-32(36)15-16-34;1-3-31(34)41-22-20-38-18-17-37-19-21-39-29-13-9-27(10-14-29)33(36)43-30-15-7-26(8-16-30)25-5-11-28(12-6-25)40-23-24-42-32(35)4-2/h2-14H,1,15-24H2;3-16H,1-2,17-24H2. The number of carbonyl (C=O) groups excluding carboxylic acids is 6. The molecular formula is C66H69ClO20. The first-order chi connectivity index (χ1) is 42.5. The summed E-state index contributed by atoms with van der Waals surface area (Å²) in [7, 11) is 0. The van der Waals surface area contributed by atoms with Gasteiger partial charge < -0.3 is 66.3 Å². The van der Waals surface area contributed by atoms with Gasteiger partial charge >= 0.3 is 35.8 Å². The summed E-state index contributed by atoms with van der Waals surface area (Å²) in [5, 5.41) is 0. The molecule has 87 heavy (non-hydrogen) atoms. The van der Waals surface area contributed by atoms with Gasteiger partial charge in [0.25, 0.3) is 0 Å². The third-order valence-corrected chi connectivity index (χ3v) is 11.6. The monoisotopic (exact) mass is 1220 g/mol. The van der Waals surface area contributed by atoms with E-state index in [0.717, 1.165) is 40.5 Å². The molecule has 0 unspecified atom stereocenters. The first kappa shape index (κ1) is 68.5. The Balaban J connectivity index is 0.000000317. The van der Waals surface area contributed by atoms with Gasteiger partial charge in [0.15, 0.2) is 0 Å². The minimum absolute atomic E-state index is 0.138. The topological polar surface area (TPSA) is 232 Å². The van der Waals surface area contributed by atoms with Gasteiger partial charge in [-0.1, -0.05) is 68.3 Å². The SMILES string of the molecule is C=CC(=O)OCCOCCOCCOc1ccc(C(=O)Oc2ccc(-c3ccc(OCCOC(=O)C=C)cc3)cc2)cc1.C=CC(=O)OCCOCCOCCOc1ccc(C(=O)Oc2ccc(-c3ccc(OCCOC(=O)CCCl)cc3)cc2)cc1. The van der Waals surface area contributed by atoms with Crippen molar-refractivity contribution in [3.8, 4) is 56.8 Å². The van der Waals surface area contributed by atoms with Crippen LogP contribution in [0.25, 0.3) is 22.3 Å². The second kappa shape index (κ2) is 40.9. The van der Waals surface area contributed by atoms with E-state index in [1.807, 2.05) is 72.8 Å². The second-order valence-electron chi connectivity index (χ2n) is 17.5. The average Bonchev–Trinajstić information content (AvgIpc) is 3.40. The lowest BCUT2D eigenvalue weighted by molar-refractivity contribution is -0.144. The molecular weight excluding hydrogens is 1150 g/mol. The predicted octanol–water partition coefficient (Wildman–Crippen LogP) is 10.1. The van der Waals surface area contributed by atoms with E-state index in [1.165, 1.54) is 0 Å². The van der Waals surface area contributed by atoms with Crippen LogP contribution in [0.5, 0.6) is 34.5 Å². The third-order valence-electron chi connectivity index (χ3n) is 11.4. The largest absolute Gasteiger partial charge is 0.491 e. The molecule has 460 valence electrons. The third kappa shape index (κ3) is 28.0. The summed E-state index contributed by atoms with van der Waals surface area (Å²) in [6.45, 7) is 14.5. The highest BCUT2D eigenvalue weighted by Crippen LogP contribution is 2.27. The molecule has 0 bridgehead atoms. The Bertz CT molecular complexity index is 3040. The van der Waals surface area contributed by atoms with Gasteiger partial charge in [0, 0.05) is 24.1 Å². The van der Waals surface area contributed by atoms with E-state index in [2.05, 4.69) is 19.7 Å². The summed E-state index contributed by atoms with van der Waals surface area (Å²) in [4.78, 5) is 69.3. The zero-order valence-electron chi connectivity index (χ0n) is 48.0. The van der Waals surface area contributed by atoms with Crippen LogP contribution in [-0.2, 0) is 57.1 Å². The van der Waals surface area contributed by atoms with Gasteiger partial charge in [0.2, 0.25) is 0 Å². The number of carbonyl (C=O) groups is 6. The van der Waals surface area contributed by atoms with E-state index in [-0.39, 0.29) is 71.1 Å². The molecule has 21 heteroatoms. The number of hydrogen-bond donors (Lipinski definition) is 0. The molecule has 20 nitrogen and oxygen atoms in total. The van der Waals surface area contributed by atoms with Crippen LogP contribution in [0.1, 0.15) is 27.1 Å². The zero-order chi connectivity index (χ0) is 62.1. The molecule has 0 spiro atoms. The van der Waals surface area contributed by atoms with Crippen LogP contribution in [0.3, 0.4) is 0 Å². The van der Waals surface area contributed by atoms with Crippen LogP contribution in [0.15, 0.2) is 184 Å². The number of esters is 6. The van der Waals surface area contributed by atoms with Crippen LogP contribution in [0, 0.1) is 0 Å². The number of hydrogen-bond acceptors (Lipinski definition) is 20. The fraction of sp³-hybridized carbons (Fsp3) is 0.273. The number of ether oxygens (including phenoxy) is 14. The van der Waals surface area contributed by atoms with Crippen molar-refractivity contribution < 1.29 is 95.1 Å². The Kier molecular flexibility index (Phi) is 32.2. The van der Waals surface area contributed by atoms with Crippen LogP contribution >= 0.6 is 11.6 Å². The van der Waals surface area contributed by atoms with Crippen molar-refractivity contribution >= 4 is 47.4 Å². The van der Waals surface area contributed by atoms with Gasteiger partial charge in [-0.3, -0.25) is 4.79 Å². The second-order valence-corrected chi connectivity index (χ2v) is 17.9. The van der Waals surface area contributed by atoms with Crippen molar-refractivity contribution in [2.24, 2.45) is 0 Å². The first-order valence-electron chi connectivity index (χ1n) is 27.4. The number of rotatable bonds is 39. The summed E-state index contributed by atoms with van der Waals surface area (Å²) >= 11 is 5.50. The maximum Gasteiger partial charge on any atom is 0.343 e. The van der Waals surface area contributed by atoms with Gasteiger partial charge in [-0.2, -0.15) is 0 Å². The maximum atomic E-state index is 12.6. The summed E-state index contributed by atoms with van der Waals surface area (Å²) in [5.74, 6) is 0.789. The number of halogens is 1. The lowest BCUT2D eigenvalue weighted by Crippen LogP contribution is -2.13. The molecule has 6 rings (SSSR count). The summed E-state index contributed by atoms with van der Waals surface area (Å²) in [6, 6.07) is 42.6. The molecule has 0 N–H and O–H groups in total.